The molecule has 7 heteroatoms. The molecule has 0 bridgehead atoms. The van der Waals surface area contributed by atoms with Crippen molar-refractivity contribution in [1.82, 2.24) is 10.2 Å². The van der Waals surface area contributed by atoms with E-state index in [0.29, 0.717) is 23.0 Å². The molecule has 0 aliphatic rings. The quantitative estimate of drug-likeness (QED) is 0.485. The molecule has 0 amide bonds. The molecule has 0 unspecified atom stereocenters. The average Bonchev–Trinajstić information content (AvgIpc) is 3.22. The lowest BCUT2D eigenvalue weighted by molar-refractivity contribution is 0.584. The van der Waals surface area contributed by atoms with E-state index in [4.69, 9.17) is 4.42 Å². The Bertz CT molecular complexity index is 1300. The standard InChI is InChI=1S/C23H21N3O3S/c1-15-13-16(2)17(3)21(14-15)30(27,28)26-20-11-9-19(10-12-20)23-25-24-22(29-23)18-7-5-4-6-8-18/h4-14,26H,1-3H3. The van der Waals surface area contributed by atoms with Crippen LogP contribution >= 0.6 is 0 Å². The van der Waals surface area contributed by atoms with Crippen molar-refractivity contribution in [2.75, 3.05) is 4.72 Å². The number of sulfonamides is 1. The lowest BCUT2D eigenvalue weighted by atomic mass is 10.1. The molecule has 4 aromatic rings. The third kappa shape index (κ3) is 3.97. The van der Waals surface area contributed by atoms with Crippen LogP contribution < -0.4 is 4.72 Å². The average molecular weight is 420 g/mol. The van der Waals surface area contributed by atoms with Crippen LogP contribution in [0.15, 0.2) is 76.0 Å². The van der Waals surface area contributed by atoms with E-state index in [1.807, 2.05) is 57.2 Å². The monoisotopic (exact) mass is 419 g/mol. The predicted octanol–water partition coefficient (Wildman–Crippen LogP) is 5.13. The van der Waals surface area contributed by atoms with Gasteiger partial charge in [0, 0.05) is 16.8 Å². The number of hydrogen-bond acceptors (Lipinski definition) is 5. The number of rotatable bonds is 5. The van der Waals surface area contributed by atoms with Crippen molar-refractivity contribution in [3.05, 3.63) is 83.4 Å². The van der Waals surface area contributed by atoms with Crippen LogP contribution in [0.1, 0.15) is 16.7 Å². The summed E-state index contributed by atoms with van der Waals surface area (Å²) in [6, 6.07) is 20.0. The lowest BCUT2D eigenvalue weighted by Gasteiger charge is -2.13. The van der Waals surface area contributed by atoms with Gasteiger partial charge < -0.3 is 4.42 Å². The zero-order valence-electron chi connectivity index (χ0n) is 16.9. The summed E-state index contributed by atoms with van der Waals surface area (Å²) < 4.78 is 34.2. The van der Waals surface area contributed by atoms with E-state index in [9.17, 15) is 8.42 Å². The van der Waals surface area contributed by atoms with E-state index in [-0.39, 0.29) is 4.90 Å². The first-order valence-corrected chi connectivity index (χ1v) is 10.9. The summed E-state index contributed by atoms with van der Waals surface area (Å²) in [6.45, 7) is 5.60. The van der Waals surface area contributed by atoms with Gasteiger partial charge in [-0.2, -0.15) is 0 Å². The number of benzene rings is 3. The van der Waals surface area contributed by atoms with Gasteiger partial charge in [-0.15, -0.1) is 10.2 Å². The molecule has 0 spiro atoms. The molecule has 0 saturated carbocycles. The van der Waals surface area contributed by atoms with Crippen molar-refractivity contribution in [3.8, 4) is 22.9 Å². The fourth-order valence-corrected chi connectivity index (χ4v) is 4.67. The fraction of sp³-hybridized carbons (Fsp3) is 0.130. The topological polar surface area (TPSA) is 85.1 Å². The highest BCUT2D eigenvalue weighted by atomic mass is 32.2. The van der Waals surface area contributed by atoms with E-state index >= 15 is 0 Å². The van der Waals surface area contributed by atoms with E-state index in [1.165, 1.54) is 0 Å². The first-order valence-electron chi connectivity index (χ1n) is 9.43. The number of aromatic nitrogens is 2. The SMILES string of the molecule is Cc1cc(C)c(C)c(S(=O)(=O)Nc2ccc(-c3nnc(-c4ccccc4)o3)cc2)c1. The molecule has 30 heavy (non-hydrogen) atoms. The largest absolute Gasteiger partial charge is 0.416 e. The Balaban J connectivity index is 1.57. The molecule has 3 aromatic carbocycles. The minimum Gasteiger partial charge on any atom is -0.416 e. The number of hydrogen-bond donors (Lipinski definition) is 1. The fourth-order valence-electron chi connectivity index (χ4n) is 3.21. The van der Waals surface area contributed by atoms with Gasteiger partial charge in [0.25, 0.3) is 10.0 Å². The molecule has 0 saturated heterocycles. The van der Waals surface area contributed by atoms with Gasteiger partial charge in [-0.3, -0.25) is 4.72 Å². The second kappa shape index (κ2) is 7.76. The molecule has 1 heterocycles. The van der Waals surface area contributed by atoms with Crippen LogP contribution in [0.4, 0.5) is 5.69 Å². The van der Waals surface area contributed by atoms with Crippen LogP contribution in [0.2, 0.25) is 0 Å². The van der Waals surface area contributed by atoms with Gasteiger partial charge in [-0.1, -0.05) is 24.3 Å². The molecule has 0 fully saturated rings. The molecule has 4 rings (SSSR count). The normalized spacial score (nSPS) is 11.4. The third-order valence-corrected chi connectivity index (χ3v) is 6.39. The highest BCUT2D eigenvalue weighted by Crippen LogP contribution is 2.27. The molecule has 0 radical (unpaired) electrons. The summed E-state index contributed by atoms with van der Waals surface area (Å²) in [5.74, 6) is 0.800. The molecule has 1 N–H and O–H groups in total. The van der Waals surface area contributed by atoms with Gasteiger partial charge in [0.1, 0.15) is 0 Å². The number of nitrogens with zero attached hydrogens (tertiary/aromatic N) is 2. The van der Waals surface area contributed by atoms with Crippen LogP contribution in [0.25, 0.3) is 22.9 Å². The van der Waals surface area contributed by atoms with Crippen molar-refractivity contribution in [3.63, 3.8) is 0 Å². The molecule has 6 nitrogen and oxygen atoms in total. The lowest BCUT2D eigenvalue weighted by Crippen LogP contribution is -2.15. The molecular weight excluding hydrogens is 398 g/mol. The van der Waals surface area contributed by atoms with E-state index in [2.05, 4.69) is 14.9 Å². The van der Waals surface area contributed by atoms with Crippen molar-refractivity contribution in [2.45, 2.75) is 25.7 Å². The first kappa shape index (κ1) is 19.8. The second-order valence-electron chi connectivity index (χ2n) is 7.17. The maximum Gasteiger partial charge on any atom is 0.262 e. The number of anilines is 1. The molecule has 1 aromatic heterocycles. The third-order valence-electron chi connectivity index (χ3n) is 4.88. The second-order valence-corrected chi connectivity index (χ2v) is 8.82. The molecule has 0 aliphatic carbocycles. The van der Waals surface area contributed by atoms with Crippen molar-refractivity contribution in [2.24, 2.45) is 0 Å². The van der Waals surface area contributed by atoms with Gasteiger partial charge in [-0.25, -0.2) is 8.42 Å². The van der Waals surface area contributed by atoms with Crippen molar-refractivity contribution >= 4 is 15.7 Å². The maximum atomic E-state index is 12.9. The Morgan fingerprint density at radius 1 is 0.800 bits per heavy atom. The molecule has 0 atom stereocenters. The minimum atomic E-state index is -3.70. The summed E-state index contributed by atoms with van der Waals surface area (Å²) in [6.07, 6.45) is 0. The Morgan fingerprint density at radius 2 is 1.40 bits per heavy atom. The smallest absolute Gasteiger partial charge is 0.262 e. The summed E-state index contributed by atoms with van der Waals surface area (Å²) >= 11 is 0. The van der Waals surface area contributed by atoms with Gasteiger partial charge in [0.2, 0.25) is 11.8 Å². The summed E-state index contributed by atoms with van der Waals surface area (Å²) in [7, 11) is -3.70. The zero-order valence-corrected chi connectivity index (χ0v) is 17.7. The zero-order chi connectivity index (χ0) is 21.3. The van der Waals surface area contributed by atoms with Crippen LogP contribution in [0.5, 0.6) is 0 Å². The predicted molar refractivity (Wildman–Crippen MR) is 117 cm³/mol. The van der Waals surface area contributed by atoms with Gasteiger partial charge in [-0.05, 0) is 79.9 Å². The maximum absolute atomic E-state index is 12.9. The summed E-state index contributed by atoms with van der Waals surface area (Å²) in [5, 5.41) is 8.17. The summed E-state index contributed by atoms with van der Waals surface area (Å²) in [5.41, 5.74) is 4.58. The van der Waals surface area contributed by atoms with Gasteiger partial charge >= 0.3 is 0 Å². The molecule has 152 valence electrons. The van der Waals surface area contributed by atoms with Crippen molar-refractivity contribution < 1.29 is 12.8 Å². The Kier molecular flexibility index (Phi) is 5.13. The van der Waals surface area contributed by atoms with Gasteiger partial charge in [0.15, 0.2) is 0 Å². The highest BCUT2D eigenvalue weighted by molar-refractivity contribution is 7.92. The Hall–Kier alpha value is -3.45. The first-order chi connectivity index (χ1) is 14.3. The number of aryl methyl sites for hydroxylation is 2. The van der Waals surface area contributed by atoms with Crippen LogP contribution in [0, 0.1) is 20.8 Å². The molecular formula is C23H21N3O3S. The minimum absolute atomic E-state index is 0.286. The van der Waals surface area contributed by atoms with Crippen molar-refractivity contribution in [1.29, 1.82) is 0 Å². The Morgan fingerprint density at radius 3 is 2.03 bits per heavy atom. The van der Waals surface area contributed by atoms with Crippen LogP contribution in [-0.4, -0.2) is 18.6 Å². The van der Waals surface area contributed by atoms with E-state index in [0.717, 1.165) is 22.3 Å². The van der Waals surface area contributed by atoms with Crippen LogP contribution in [0.3, 0.4) is 0 Å². The van der Waals surface area contributed by atoms with Gasteiger partial charge in [0.05, 0.1) is 4.90 Å². The molecule has 0 aliphatic heterocycles. The van der Waals surface area contributed by atoms with E-state index < -0.39 is 10.0 Å². The Labute approximate surface area is 175 Å². The highest BCUT2D eigenvalue weighted by Gasteiger charge is 2.19. The number of nitrogens with one attached hydrogen (secondary N) is 1. The van der Waals surface area contributed by atoms with E-state index in [1.54, 1.807) is 30.3 Å². The van der Waals surface area contributed by atoms with Crippen LogP contribution in [-0.2, 0) is 10.0 Å². The summed E-state index contributed by atoms with van der Waals surface area (Å²) in [4.78, 5) is 0.286.